The molecule has 0 bridgehead atoms. The number of hydrogen-bond acceptors (Lipinski definition) is 4. The molecule has 2 rings (SSSR count). The van der Waals surface area contributed by atoms with Gasteiger partial charge in [0.05, 0.1) is 10.6 Å². The number of nitrogens with one attached hydrogen (secondary N) is 1. The second kappa shape index (κ2) is 5.12. The highest BCUT2D eigenvalue weighted by molar-refractivity contribution is 5.68. The highest BCUT2D eigenvalue weighted by Crippen LogP contribution is 2.27. The van der Waals surface area contributed by atoms with Gasteiger partial charge < -0.3 is 11.1 Å². The van der Waals surface area contributed by atoms with Gasteiger partial charge in [-0.05, 0) is 24.6 Å². The van der Waals surface area contributed by atoms with E-state index in [2.05, 4.69) is 5.32 Å². The second-order valence-corrected chi connectivity index (χ2v) is 4.28. The van der Waals surface area contributed by atoms with Crippen molar-refractivity contribution in [3.05, 3.63) is 57.6 Å². The molecule has 0 radical (unpaired) electrons. The fourth-order valence-corrected chi connectivity index (χ4v) is 1.71. The van der Waals surface area contributed by atoms with Crippen molar-refractivity contribution < 1.29 is 13.7 Å². The molecule has 7 heteroatoms. The maximum atomic E-state index is 13.7. The maximum Gasteiger partial charge on any atom is 0.273 e. The van der Waals surface area contributed by atoms with Gasteiger partial charge in [0.15, 0.2) is 0 Å². The van der Waals surface area contributed by atoms with Crippen LogP contribution in [-0.4, -0.2) is 4.92 Å². The molecule has 0 spiro atoms. The van der Waals surface area contributed by atoms with Crippen LogP contribution in [0.1, 0.15) is 5.56 Å². The fourth-order valence-electron chi connectivity index (χ4n) is 1.71. The number of halogens is 2. The van der Waals surface area contributed by atoms with Crippen LogP contribution < -0.4 is 11.1 Å². The Labute approximate surface area is 113 Å². The Morgan fingerprint density at radius 2 is 1.85 bits per heavy atom. The van der Waals surface area contributed by atoms with Gasteiger partial charge in [0.25, 0.3) is 5.69 Å². The number of aryl methyl sites for hydroxylation is 1. The van der Waals surface area contributed by atoms with E-state index < -0.39 is 16.6 Å². The van der Waals surface area contributed by atoms with Gasteiger partial charge >= 0.3 is 0 Å². The molecule has 2 aromatic rings. The number of hydrogen-bond donors (Lipinski definition) is 2. The smallest absolute Gasteiger partial charge is 0.273 e. The van der Waals surface area contributed by atoms with Crippen molar-refractivity contribution in [1.29, 1.82) is 0 Å². The van der Waals surface area contributed by atoms with Crippen LogP contribution >= 0.6 is 0 Å². The van der Waals surface area contributed by atoms with Gasteiger partial charge in [-0.3, -0.25) is 10.1 Å². The van der Waals surface area contributed by atoms with Crippen LogP contribution in [0.5, 0.6) is 0 Å². The molecular weight excluding hydrogens is 268 g/mol. The second-order valence-electron chi connectivity index (χ2n) is 4.28. The number of nitro benzene ring substituents is 1. The summed E-state index contributed by atoms with van der Waals surface area (Å²) in [6.45, 7) is 1.44. The topological polar surface area (TPSA) is 81.2 Å². The lowest BCUT2D eigenvalue weighted by atomic mass is 10.2. The van der Waals surface area contributed by atoms with E-state index in [9.17, 15) is 18.9 Å². The Morgan fingerprint density at radius 3 is 2.50 bits per heavy atom. The van der Waals surface area contributed by atoms with Gasteiger partial charge in [0.1, 0.15) is 11.6 Å². The van der Waals surface area contributed by atoms with Crippen LogP contribution in [0, 0.1) is 28.7 Å². The summed E-state index contributed by atoms with van der Waals surface area (Å²) in [5, 5.41) is 13.3. The van der Waals surface area contributed by atoms with Crippen molar-refractivity contribution in [1.82, 2.24) is 0 Å². The summed E-state index contributed by atoms with van der Waals surface area (Å²) in [5.41, 5.74) is 5.71. The third kappa shape index (κ3) is 2.82. The van der Waals surface area contributed by atoms with E-state index in [1.165, 1.54) is 25.1 Å². The van der Waals surface area contributed by atoms with Crippen LogP contribution in [0.15, 0.2) is 30.3 Å². The third-order valence-electron chi connectivity index (χ3n) is 2.68. The SMILES string of the molecule is Cc1cc(F)c(Nc2cc(N)cc([N+](=O)[O-])c2)cc1F. The van der Waals surface area contributed by atoms with E-state index >= 15 is 0 Å². The van der Waals surface area contributed by atoms with Gasteiger partial charge in [0.2, 0.25) is 0 Å². The van der Waals surface area contributed by atoms with E-state index in [4.69, 9.17) is 5.73 Å². The largest absolute Gasteiger partial charge is 0.398 e. The minimum Gasteiger partial charge on any atom is -0.398 e. The van der Waals surface area contributed by atoms with Crippen LogP contribution in [0.4, 0.5) is 31.5 Å². The molecule has 0 aromatic heterocycles. The zero-order valence-corrected chi connectivity index (χ0v) is 10.5. The van der Waals surface area contributed by atoms with E-state index in [1.807, 2.05) is 0 Å². The molecule has 0 saturated heterocycles. The van der Waals surface area contributed by atoms with Gasteiger partial charge in [0, 0.05) is 29.6 Å². The molecule has 0 aliphatic rings. The predicted molar refractivity (Wildman–Crippen MR) is 71.9 cm³/mol. The average molecular weight is 279 g/mol. The van der Waals surface area contributed by atoms with Crippen molar-refractivity contribution in [2.45, 2.75) is 6.92 Å². The first-order chi connectivity index (χ1) is 9.36. The number of nitrogens with two attached hydrogens (primary N) is 1. The quantitative estimate of drug-likeness (QED) is 0.512. The van der Waals surface area contributed by atoms with E-state index in [0.717, 1.165) is 12.1 Å². The van der Waals surface area contributed by atoms with E-state index in [-0.39, 0.29) is 28.3 Å². The Hall–Kier alpha value is -2.70. The normalized spacial score (nSPS) is 10.3. The highest BCUT2D eigenvalue weighted by atomic mass is 19.1. The molecule has 3 N–H and O–H groups in total. The first-order valence-electron chi connectivity index (χ1n) is 5.64. The zero-order chi connectivity index (χ0) is 14.9. The van der Waals surface area contributed by atoms with Gasteiger partial charge in [-0.2, -0.15) is 0 Å². The van der Waals surface area contributed by atoms with Crippen molar-refractivity contribution in [3.63, 3.8) is 0 Å². The van der Waals surface area contributed by atoms with Gasteiger partial charge in [-0.15, -0.1) is 0 Å². The summed E-state index contributed by atoms with van der Waals surface area (Å²) in [4.78, 5) is 10.1. The van der Waals surface area contributed by atoms with Gasteiger partial charge in [-0.1, -0.05) is 0 Å². The van der Waals surface area contributed by atoms with Gasteiger partial charge in [-0.25, -0.2) is 8.78 Å². The van der Waals surface area contributed by atoms with Crippen molar-refractivity contribution in [2.75, 3.05) is 11.1 Å². The maximum absolute atomic E-state index is 13.7. The fraction of sp³-hybridized carbons (Fsp3) is 0.0769. The van der Waals surface area contributed by atoms with Crippen LogP contribution in [0.25, 0.3) is 0 Å². The molecule has 0 aliphatic carbocycles. The first-order valence-corrected chi connectivity index (χ1v) is 5.64. The van der Waals surface area contributed by atoms with Crippen LogP contribution in [0.3, 0.4) is 0 Å². The number of nitrogen functional groups attached to an aromatic ring is 1. The third-order valence-corrected chi connectivity index (χ3v) is 2.68. The minimum atomic E-state index is -0.658. The van der Waals surface area contributed by atoms with E-state index in [1.54, 1.807) is 0 Å². The number of nitro groups is 1. The molecule has 104 valence electrons. The van der Waals surface area contributed by atoms with Crippen molar-refractivity contribution in [3.8, 4) is 0 Å². The highest BCUT2D eigenvalue weighted by Gasteiger charge is 2.11. The number of benzene rings is 2. The lowest BCUT2D eigenvalue weighted by molar-refractivity contribution is -0.384. The number of non-ortho nitro benzene ring substituents is 1. The number of anilines is 3. The Morgan fingerprint density at radius 1 is 1.15 bits per heavy atom. The number of nitrogens with zero attached hydrogens (tertiary/aromatic N) is 1. The van der Waals surface area contributed by atoms with Crippen molar-refractivity contribution in [2.24, 2.45) is 0 Å². The molecule has 0 atom stereocenters. The van der Waals surface area contributed by atoms with E-state index in [0.29, 0.717) is 0 Å². The molecule has 0 amide bonds. The lowest BCUT2D eigenvalue weighted by Crippen LogP contribution is -1.99. The predicted octanol–water partition coefficient (Wildman–Crippen LogP) is 3.51. The van der Waals surface area contributed by atoms with Crippen LogP contribution in [-0.2, 0) is 0 Å². The number of rotatable bonds is 3. The summed E-state index contributed by atoms with van der Waals surface area (Å²) >= 11 is 0. The molecule has 20 heavy (non-hydrogen) atoms. The first kappa shape index (κ1) is 13.7. The Kier molecular flexibility index (Phi) is 3.51. The molecule has 2 aromatic carbocycles. The summed E-state index contributed by atoms with van der Waals surface area (Å²) in [7, 11) is 0. The lowest BCUT2D eigenvalue weighted by Gasteiger charge is -2.09. The summed E-state index contributed by atoms with van der Waals surface area (Å²) in [6, 6.07) is 5.78. The molecule has 0 unspecified atom stereocenters. The minimum absolute atomic E-state index is 0.118. The average Bonchev–Trinajstić information content (AvgIpc) is 2.35. The molecule has 0 aliphatic heterocycles. The zero-order valence-electron chi connectivity index (χ0n) is 10.5. The summed E-state index contributed by atoms with van der Waals surface area (Å²) < 4.78 is 27.1. The monoisotopic (exact) mass is 279 g/mol. The summed E-state index contributed by atoms with van der Waals surface area (Å²) in [5.74, 6) is -1.23. The van der Waals surface area contributed by atoms with Crippen LogP contribution in [0.2, 0.25) is 0 Å². The Bertz CT molecular complexity index is 690. The standard InChI is InChI=1S/C13H11F2N3O2/c1-7-2-12(15)13(6-11(7)14)17-9-3-8(16)4-10(5-9)18(19)20/h2-6,17H,16H2,1H3. The summed E-state index contributed by atoms with van der Waals surface area (Å²) in [6.07, 6.45) is 0. The molecule has 5 nitrogen and oxygen atoms in total. The molecule has 0 saturated carbocycles. The Balaban J connectivity index is 2.40. The molecule has 0 fully saturated rings. The van der Waals surface area contributed by atoms with Crippen molar-refractivity contribution >= 4 is 22.7 Å². The molecule has 0 heterocycles. The molecular formula is C13H11F2N3O2.